The van der Waals surface area contributed by atoms with E-state index in [1.807, 2.05) is 0 Å². The number of hydrogen-bond acceptors (Lipinski definition) is 8. The number of benzene rings is 2. The van der Waals surface area contributed by atoms with Gasteiger partial charge in [0, 0.05) is 92.8 Å². The molecule has 336 valence electrons. The first-order chi connectivity index (χ1) is 30.2. The van der Waals surface area contributed by atoms with Gasteiger partial charge in [-0.15, -0.1) is 0 Å². The number of halogens is 8. The van der Waals surface area contributed by atoms with E-state index >= 15 is 0 Å². The van der Waals surface area contributed by atoms with Crippen molar-refractivity contribution < 1.29 is 64.5 Å². The highest BCUT2D eigenvalue weighted by molar-refractivity contribution is 6.00. The zero-order valence-electron chi connectivity index (χ0n) is 33.3. The van der Waals surface area contributed by atoms with E-state index in [0.29, 0.717) is 24.3 Å². The molecule has 0 saturated heterocycles. The Morgan fingerprint density at radius 3 is 1.56 bits per heavy atom. The molecule has 22 heteroatoms. The van der Waals surface area contributed by atoms with E-state index < -0.39 is 152 Å². The average Bonchev–Trinajstić information content (AvgIpc) is 3.43. The summed E-state index contributed by atoms with van der Waals surface area (Å²) in [6.07, 6.45) is 4.36. The zero-order chi connectivity index (χ0) is 46.6. The van der Waals surface area contributed by atoms with Gasteiger partial charge >= 0.3 is 0 Å². The molecule has 4 N–H and O–H groups in total. The second-order valence-corrected chi connectivity index (χ2v) is 15.4. The summed E-state index contributed by atoms with van der Waals surface area (Å²) >= 11 is 0. The molecular formula is C42H34F8N6O8. The van der Waals surface area contributed by atoms with Gasteiger partial charge in [-0.25, -0.2) is 35.1 Å². The highest BCUT2D eigenvalue weighted by Crippen LogP contribution is 2.36. The molecule has 6 heterocycles. The fraction of sp³-hybridized carbons (Fsp3) is 0.286. The number of aromatic hydroxyl groups is 2. The predicted octanol–water partition coefficient (Wildman–Crippen LogP) is 5.09. The summed E-state index contributed by atoms with van der Waals surface area (Å²) in [5.41, 5.74) is -5.54. The number of nitrogens with zero attached hydrogens (tertiary/aromatic N) is 4. The van der Waals surface area contributed by atoms with Crippen LogP contribution in [-0.2, 0) is 13.1 Å². The summed E-state index contributed by atoms with van der Waals surface area (Å²) in [5.74, 6) is -13.7. The van der Waals surface area contributed by atoms with E-state index in [0.717, 1.165) is 17.0 Å². The first kappa shape index (κ1) is 44.8. The highest BCUT2D eigenvalue weighted by Gasteiger charge is 2.41. The minimum atomic E-state index is -1.23. The maximum atomic E-state index is 14.2. The maximum absolute atomic E-state index is 14.2. The molecule has 4 aliphatic heterocycles. The van der Waals surface area contributed by atoms with Crippen molar-refractivity contribution >= 4 is 23.6 Å². The SMILES string of the molecule is C[C@H]1C=C(F)C[C@H]2CN1C(=O)c1c(O)c(=O)c(C(=O)NCc3c(F)cc(F)cc3F)cn12.C[C@H]1CC(F)=C[C@H]2CN1C(=O)c1c(O)c(=O)c(C(=O)NCc3c(F)cc(F)cc3F)cn12. The van der Waals surface area contributed by atoms with Crippen molar-refractivity contribution in [2.45, 2.75) is 63.9 Å². The Balaban J connectivity index is 0.000000191. The smallest absolute Gasteiger partial charge is 0.275 e. The Kier molecular flexibility index (Phi) is 12.0. The van der Waals surface area contributed by atoms with Crippen molar-refractivity contribution in [3.8, 4) is 11.5 Å². The first-order valence-electron chi connectivity index (χ1n) is 19.3. The summed E-state index contributed by atoms with van der Waals surface area (Å²) in [7, 11) is 0. The van der Waals surface area contributed by atoms with Crippen LogP contribution in [0.15, 0.2) is 70.1 Å². The summed E-state index contributed by atoms with van der Waals surface area (Å²) in [4.78, 5) is 78.6. The molecule has 4 aliphatic rings. The van der Waals surface area contributed by atoms with Gasteiger partial charge in [0.25, 0.3) is 23.6 Å². The van der Waals surface area contributed by atoms with Gasteiger partial charge in [-0.05, 0) is 26.0 Å². The second kappa shape index (κ2) is 17.1. The topological polar surface area (TPSA) is 183 Å². The van der Waals surface area contributed by atoms with Crippen molar-refractivity contribution in [1.82, 2.24) is 29.6 Å². The van der Waals surface area contributed by atoms with Crippen LogP contribution in [0.5, 0.6) is 11.5 Å². The number of carbonyl (C=O) groups excluding carboxylic acids is 4. The van der Waals surface area contributed by atoms with Crippen molar-refractivity contribution in [2.75, 3.05) is 13.1 Å². The first-order valence-corrected chi connectivity index (χ1v) is 19.3. The third-order valence-corrected chi connectivity index (χ3v) is 11.2. The summed E-state index contributed by atoms with van der Waals surface area (Å²) < 4.78 is 112. The molecule has 0 radical (unpaired) electrons. The lowest BCUT2D eigenvalue weighted by Crippen LogP contribution is -2.47. The Morgan fingerprint density at radius 1 is 0.625 bits per heavy atom. The molecule has 8 rings (SSSR count). The number of pyridine rings is 2. The number of aromatic nitrogens is 2. The Bertz CT molecular complexity index is 2820. The van der Waals surface area contributed by atoms with Gasteiger partial charge in [-0.3, -0.25) is 28.8 Å². The molecule has 0 spiro atoms. The standard InChI is InChI=1S/2C21H17F4N3O4/c2*1-9-2-10(22)3-12-7-27(9)21(32)17-19(30)18(29)14(8-28(12)17)20(31)26-6-13-15(24)4-11(23)5-16(13)25/h3-5,8-9,12,30H,2,6-7H2,1H3,(H,26,31);2,4-5,8-9,12,30H,3,6-7H2,1H3,(H,26,31)/t2*9-,12-/m00/s1. The van der Waals surface area contributed by atoms with Crippen LogP contribution >= 0.6 is 0 Å². The van der Waals surface area contributed by atoms with Crippen LogP contribution in [0.25, 0.3) is 0 Å². The van der Waals surface area contributed by atoms with E-state index in [4.69, 9.17) is 0 Å². The highest BCUT2D eigenvalue weighted by atomic mass is 19.2. The van der Waals surface area contributed by atoms with Gasteiger partial charge in [0.2, 0.25) is 10.9 Å². The zero-order valence-corrected chi connectivity index (χ0v) is 33.3. The normalized spacial score (nSPS) is 19.8. The van der Waals surface area contributed by atoms with Crippen molar-refractivity contribution in [1.29, 1.82) is 0 Å². The lowest BCUT2D eigenvalue weighted by molar-refractivity contribution is 0.0610. The molecule has 0 fully saturated rings. The molecule has 64 heavy (non-hydrogen) atoms. The van der Waals surface area contributed by atoms with Crippen LogP contribution in [0.4, 0.5) is 35.1 Å². The monoisotopic (exact) mass is 902 g/mol. The van der Waals surface area contributed by atoms with Crippen LogP contribution in [0.1, 0.15) is 91.6 Å². The molecule has 0 aliphatic carbocycles. The van der Waals surface area contributed by atoms with Crippen molar-refractivity contribution in [2.24, 2.45) is 0 Å². The van der Waals surface area contributed by atoms with E-state index in [1.165, 1.54) is 26.5 Å². The van der Waals surface area contributed by atoms with Crippen LogP contribution in [-0.4, -0.2) is 77.9 Å². The number of allylic oxidation sites excluding steroid dienone is 1. The van der Waals surface area contributed by atoms with Gasteiger partial charge in [0.15, 0.2) is 22.9 Å². The van der Waals surface area contributed by atoms with Crippen LogP contribution < -0.4 is 21.5 Å². The fourth-order valence-electron chi connectivity index (χ4n) is 7.93. The van der Waals surface area contributed by atoms with Gasteiger partial charge in [-0.2, -0.15) is 0 Å². The van der Waals surface area contributed by atoms with Gasteiger partial charge < -0.3 is 39.8 Å². The number of hydrogen-bond donors (Lipinski definition) is 4. The minimum Gasteiger partial charge on any atom is -0.503 e. The molecule has 4 bridgehead atoms. The minimum absolute atomic E-state index is 0.0378. The second-order valence-electron chi connectivity index (χ2n) is 15.4. The quantitative estimate of drug-likeness (QED) is 0.193. The van der Waals surface area contributed by atoms with Crippen LogP contribution in [0.3, 0.4) is 0 Å². The Labute approximate surface area is 355 Å². The van der Waals surface area contributed by atoms with E-state index in [1.54, 1.807) is 13.8 Å². The molecule has 2 aromatic carbocycles. The van der Waals surface area contributed by atoms with Gasteiger partial charge in [0.05, 0.1) is 18.1 Å². The number of rotatable bonds is 6. The fourth-order valence-corrected chi connectivity index (χ4v) is 7.93. The molecule has 4 atom stereocenters. The largest absolute Gasteiger partial charge is 0.503 e. The molecule has 0 unspecified atom stereocenters. The summed E-state index contributed by atoms with van der Waals surface area (Å²) in [5, 5.41) is 25.1. The number of carbonyl (C=O) groups is 4. The van der Waals surface area contributed by atoms with E-state index in [2.05, 4.69) is 10.6 Å². The number of fused-ring (bicyclic) bond motifs is 8. The third kappa shape index (κ3) is 8.21. The van der Waals surface area contributed by atoms with E-state index in [9.17, 15) is 74.1 Å². The van der Waals surface area contributed by atoms with E-state index in [-0.39, 0.29) is 37.3 Å². The van der Waals surface area contributed by atoms with Crippen molar-refractivity contribution in [3.63, 3.8) is 0 Å². The molecule has 14 nitrogen and oxygen atoms in total. The molecular weight excluding hydrogens is 868 g/mol. The van der Waals surface area contributed by atoms with Crippen LogP contribution in [0.2, 0.25) is 0 Å². The van der Waals surface area contributed by atoms with Crippen molar-refractivity contribution in [3.05, 3.63) is 149 Å². The molecule has 0 saturated carbocycles. The molecule has 4 amide bonds. The van der Waals surface area contributed by atoms with Gasteiger partial charge in [-0.1, -0.05) is 0 Å². The maximum Gasteiger partial charge on any atom is 0.275 e. The lowest BCUT2D eigenvalue weighted by atomic mass is 10.1. The Hall–Kier alpha value is -7.26. The Morgan fingerprint density at radius 2 is 1.06 bits per heavy atom. The molecule has 4 aromatic rings. The predicted molar refractivity (Wildman–Crippen MR) is 206 cm³/mol. The number of amides is 4. The van der Waals surface area contributed by atoms with Gasteiger partial charge in [0.1, 0.15) is 57.7 Å². The summed E-state index contributed by atoms with van der Waals surface area (Å²) in [6.45, 7) is 1.97. The average molecular weight is 903 g/mol. The number of nitrogens with one attached hydrogen (secondary N) is 2. The third-order valence-electron chi connectivity index (χ3n) is 11.2. The van der Waals surface area contributed by atoms with Crippen LogP contribution in [0, 0.1) is 34.9 Å². The lowest BCUT2D eigenvalue weighted by Gasteiger charge is -2.36. The summed E-state index contributed by atoms with van der Waals surface area (Å²) in [6, 6.07) is -0.806. The molecule has 2 aromatic heterocycles.